The second-order valence-corrected chi connectivity index (χ2v) is 6.81. The number of allylic oxidation sites excluding steroid dienone is 6. The molecular formula is C24H24. The Labute approximate surface area is 145 Å². The summed E-state index contributed by atoms with van der Waals surface area (Å²) < 4.78 is 0. The molecule has 0 saturated heterocycles. The van der Waals surface area contributed by atoms with E-state index in [4.69, 9.17) is 0 Å². The largest absolute Gasteiger partial charge is 0.0766 e. The van der Waals surface area contributed by atoms with Gasteiger partial charge < -0.3 is 0 Å². The SMILES string of the molecule is C1=C(c2ccccc2)CC/C(=C2/CC=C(c3ccccc3)CC2)C1. The van der Waals surface area contributed by atoms with Crippen LogP contribution >= 0.6 is 0 Å². The fourth-order valence-corrected chi connectivity index (χ4v) is 3.94. The van der Waals surface area contributed by atoms with E-state index >= 15 is 0 Å². The molecule has 0 unspecified atom stereocenters. The smallest absolute Gasteiger partial charge is 0.0130 e. The molecule has 24 heavy (non-hydrogen) atoms. The van der Waals surface area contributed by atoms with Crippen LogP contribution in [0.3, 0.4) is 0 Å². The van der Waals surface area contributed by atoms with Crippen molar-refractivity contribution in [2.24, 2.45) is 0 Å². The second kappa shape index (κ2) is 7.05. The molecule has 4 rings (SSSR count). The van der Waals surface area contributed by atoms with Gasteiger partial charge in [0.2, 0.25) is 0 Å². The lowest BCUT2D eigenvalue weighted by molar-refractivity contribution is 0.822. The van der Waals surface area contributed by atoms with Crippen LogP contribution in [0.15, 0.2) is 84.0 Å². The van der Waals surface area contributed by atoms with Gasteiger partial charge in [0, 0.05) is 0 Å². The number of hydrogen-bond donors (Lipinski definition) is 0. The molecule has 0 radical (unpaired) electrons. The van der Waals surface area contributed by atoms with E-state index in [1.165, 1.54) is 48.0 Å². The van der Waals surface area contributed by atoms with Gasteiger partial charge in [-0.2, -0.15) is 0 Å². The summed E-state index contributed by atoms with van der Waals surface area (Å²) in [6.07, 6.45) is 12.1. The maximum Gasteiger partial charge on any atom is -0.0130 e. The molecule has 2 aromatic rings. The Hall–Kier alpha value is -2.34. The molecule has 2 aliphatic carbocycles. The van der Waals surface area contributed by atoms with Gasteiger partial charge >= 0.3 is 0 Å². The van der Waals surface area contributed by atoms with Crippen molar-refractivity contribution in [3.63, 3.8) is 0 Å². The first-order chi connectivity index (χ1) is 11.9. The fourth-order valence-electron chi connectivity index (χ4n) is 3.94. The van der Waals surface area contributed by atoms with E-state index < -0.39 is 0 Å². The molecule has 0 amide bonds. The molecule has 0 aromatic heterocycles. The van der Waals surface area contributed by atoms with Crippen molar-refractivity contribution in [1.82, 2.24) is 0 Å². The van der Waals surface area contributed by atoms with Crippen molar-refractivity contribution >= 4 is 11.1 Å². The van der Waals surface area contributed by atoms with Crippen molar-refractivity contribution in [2.75, 3.05) is 0 Å². The molecule has 0 saturated carbocycles. The quantitative estimate of drug-likeness (QED) is 0.534. The van der Waals surface area contributed by atoms with Crippen LogP contribution in [0.5, 0.6) is 0 Å². The van der Waals surface area contributed by atoms with Crippen molar-refractivity contribution in [1.29, 1.82) is 0 Å². The Morgan fingerprint density at radius 3 is 1.21 bits per heavy atom. The van der Waals surface area contributed by atoms with Gasteiger partial charge in [-0.3, -0.25) is 0 Å². The van der Waals surface area contributed by atoms with E-state index in [0.29, 0.717) is 0 Å². The summed E-state index contributed by atoms with van der Waals surface area (Å²) in [5.41, 5.74) is 9.23. The Kier molecular flexibility index (Phi) is 4.46. The van der Waals surface area contributed by atoms with E-state index in [9.17, 15) is 0 Å². The molecule has 0 nitrogen and oxygen atoms in total. The Morgan fingerprint density at radius 1 is 0.458 bits per heavy atom. The van der Waals surface area contributed by atoms with E-state index in [1.807, 2.05) is 0 Å². The van der Waals surface area contributed by atoms with Crippen molar-refractivity contribution < 1.29 is 0 Å². The lowest BCUT2D eigenvalue weighted by atomic mass is 9.82. The summed E-state index contributed by atoms with van der Waals surface area (Å²) in [6.45, 7) is 0. The van der Waals surface area contributed by atoms with Gasteiger partial charge in [0.25, 0.3) is 0 Å². The van der Waals surface area contributed by atoms with Crippen LogP contribution < -0.4 is 0 Å². The summed E-state index contributed by atoms with van der Waals surface area (Å²) >= 11 is 0. The van der Waals surface area contributed by atoms with Crippen LogP contribution in [0.25, 0.3) is 11.1 Å². The molecule has 0 heteroatoms. The van der Waals surface area contributed by atoms with E-state index in [-0.39, 0.29) is 0 Å². The van der Waals surface area contributed by atoms with Crippen molar-refractivity contribution in [3.05, 3.63) is 95.1 Å². The molecule has 0 aliphatic heterocycles. The molecule has 0 spiro atoms. The minimum Gasteiger partial charge on any atom is -0.0766 e. The maximum absolute atomic E-state index is 2.46. The van der Waals surface area contributed by atoms with Crippen LogP contribution in [-0.4, -0.2) is 0 Å². The Morgan fingerprint density at radius 2 is 0.875 bits per heavy atom. The summed E-state index contributed by atoms with van der Waals surface area (Å²) in [7, 11) is 0. The topological polar surface area (TPSA) is 0 Å². The zero-order chi connectivity index (χ0) is 16.2. The number of benzene rings is 2. The highest BCUT2D eigenvalue weighted by Gasteiger charge is 2.16. The molecule has 0 fully saturated rings. The number of hydrogen-bond acceptors (Lipinski definition) is 0. The van der Waals surface area contributed by atoms with Crippen molar-refractivity contribution in [2.45, 2.75) is 38.5 Å². The van der Waals surface area contributed by atoms with Crippen LogP contribution in [0.4, 0.5) is 0 Å². The van der Waals surface area contributed by atoms with E-state index in [1.54, 1.807) is 11.1 Å². The first-order valence-corrected chi connectivity index (χ1v) is 9.09. The zero-order valence-electron chi connectivity index (χ0n) is 14.2. The van der Waals surface area contributed by atoms with Crippen molar-refractivity contribution in [3.8, 4) is 0 Å². The van der Waals surface area contributed by atoms with Gasteiger partial charge in [0.1, 0.15) is 0 Å². The van der Waals surface area contributed by atoms with Gasteiger partial charge in [-0.05, 0) is 60.8 Å². The third-order valence-electron chi connectivity index (χ3n) is 5.37. The van der Waals surface area contributed by atoms with Gasteiger partial charge in [0.15, 0.2) is 0 Å². The fraction of sp³-hybridized carbons (Fsp3) is 0.250. The van der Waals surface area contributed by atoms with Gasteiger partial charge in [-0.25, -0.2) is 0 Å². The summed E-state index contributed by atoms with van der Waals surface area (Å²) in [6, 6.07) is 21.7. The van der Waals surface area contributed by atoms with Crippen LogP contribution in [0, 0.1) is 0 Å². The molecule has 120 valence electrons. The minimum absolute atomic E-state index is 1.15. The minimum atomic E-state index is 1.15. The van der Waals surface area contributed by atoms with Gasteiger partial charge in [-0.15, -0.1) is 0 Å². The third kappa shape index (κ3) is 3.28. The predicted octanol–water partition coefficient (Wildman–Crippen LogP) is 6.82. The average molecular weight is 312 g/mol. The normalized spacial score (nSPS) is 21.2. The summed E-state index contributed by atoms with van der Waals surface area (Å²) in [4.78, 5) is 0. The Balaban J connectivity index is 1.48. The third-order valence-corrected chi connectivity index (χ3v) is 5.37. The average Bonchev–Trinajstić information content (AvgIpc) is 2.70. The Bertz CT molecular complexity index is 719. The predicted molar refractivity (Wildman–Crippen MR) is 104 cm³/mol. The zero-order valence-corrected chi connectivity index (χ0v) is 14.2. The molecular weight excluding hydrogens is 288 g/mol. The molecule has 0 bridgehead atoms. The lowest BCUT2D eigenvalue weighted by Crippen LogP contribution is -2.02. The first kappa shape index (κ1) is 15.2. The monoisotopic (exact) mass is 312 g/mol. The summed E-state index contributed by atoms with van der Waals surface area (Å²) in [5.74, 6) is 0. The maximum atomic E-state index is 2.46. The van der Waals surface area contributed by atoms with Gasteiger partial charge in [-0.1, -0.05) is 84.0 Å². The molecule has 0 heterocycles. The van der Waals surface area contributed by atoms with Crippen LogP contribution in [0.2, 0.25) is 0 Å². The molecule has 2 aliphatic rings. The van der Waals surface area contributed by atoms with Crippen LogP contribution in [-0.2, 0) is 0 Å². The highest BCUT2D eigenvalue weighted by atomic mass is 14.2. The van der Waals surface area contributed by atoms with E-state index in [2.05, 4.69) is 72.8 Å². The highest BCUT2D eigenvalue weighted by molar-refractivity contribution is 5.69. The standard InChI is InChI=1S/C24H24/c1-3-7-19(8-4-1)21-11-15-23(16-12-21)24-17-13-22(14-18-24)20-9-5-2-6-10-20/h1-11,13H,12,14-18H2/b24-23-. The molecule has 2 aromatic carbocycles. The van der Waals surface area contributed by atoms with Gasteiger partial charge in [0.05, 0.1) is 0 Å². The number of rotatable bonds is 2. The van der Waals surface area contributed by atoms with E-state index in [0.717, 1.165) is 12.8 Å². The first-order valence-electron chi connectivity index (χ1n) is 9.09. The second-order valence-electron chi connectivity index (χ2n) is 6.81. The molecule has 0 atom stereocenters. The lowest BCUT2D eigenvalue weighted by Gasteiger charge is -2.23. The van der Waals surface area contributed by atoms with Crippen LogP contribution in [0.1, 0.15) is 49.7 Å². The summed E-state index contributed by atoms with van der Waals surface area (Å²) in [5, 5.41) is 0. The highest BCUT2D eigenvalue weighted by Crippen LogP contribution is 2.37. The molecule has 0 N–H and O–H groups in total.